The predicted octanol–water partition coefficient (Wildman–Crippen LogP) is 3.74. The Kier molecular flexibility index (Phi) is 6.62. The van der Waals surface area contributed by atoms with E-state index in [0.717, 1.165) is 17.0 Å². The maximum atomic E-state index is 12.3. The highest BCUT2D eigenvalue weighted by atomic mass is 32.1. The molecule has 2 aromatic heterocycles. The van der Waals surface area contributed by atoms with Crippen LogP contribution in [0.5, 0.6) is 11.5 Å². The topological polar surface area (TPSA) is 89.6 Å². The van der Waals surface area contributed by atoms with Crippen molar-refractivity contribution in [1.29, 1.82) is 0 Å². The van der Waals surface area contributed by atoms with Gasteiger partial charge >= 0.3 is 0 Å². The smallest absolute Gasteiger partial charge is 0.289 e. The summed E-state index contributed by atoms with van der Waals surface area (Å²) in [6.07, 6.45) is 0.863. The molecule has 0 aliphatic rings. The summed E-state index contributed by atoms with van der Waals surface area (Å²) in [5.74, 6) is 0.0589. The van der Waals surface area contributed by atoms with Gasteiger partial charge in [-0.2, -0.15) is 11.3 Å². The van der Waals surface area contributed by atoms with Crippen molar-refractivity contribution in [3.8, 4) is 22.1 Å². The van der Waals surface area contributed by atoms with Crippen molar-refractivity contribution in [2.45, 2.75) is 13.3 Å². The van der Waals surface area contributed by atoms with Gasteiger partial charge in [-0.15, -0.1) is 11.3 Å². The second-order valence-electron chi connectivity index (χ2n) is 5.67. The molecule has 1 aromatic carbocycles. The lowest BCUT2D eigenvalue weighted by Crippen LogP contribution is -2.41. The van der Waals surface area contributed by atoms with Crippen LogP contribution in [0.1, 0.15) is 34.2 Å². The number of hydrazine groups is 1. The van der Waals surface area contributed by atoms with E-state index >= 15 is 0 Å². The SMILES string of the molecule is CCCOc1ccc(C(=O)NNC(=O)c2csc(-c3ccsc3)n2)cc1OC. The molecule has 2 N–H and O–H groups in total. The van der Waals surface area contributed by atoms with Gasteiger partial charge in [0.2, 0.25) is 0 Å². The number of aromatic nitrogens is 1. The molecule has 0 unspecified atom stereocenters. The van der Waals surface area contributed by atoms with E-state index in [1.165, 1.54) is 18.4 Å². The van der Waals surface area contributed by atoms with Crippen molar-refractivity contribution in [3.63, 3.8) is 0 Å². The lowest BCUT2D eigenvalue weighted by atomic mass is 10.2. The summed E-state index contributed by atoms with van der Waals surface area (Å²) in [5, 5.41) is 6.31. The van der Waals surface area contributed by atoms with E-state index in [1.54, 1.807) is 34.9 Å². The minimum absolute atomic E-state index is 0.243. The first-order valence-electron chi connectivity index (χ1n) is 8.52. The Morgan fingerprint density at radius 2 is 1.93 bits per heavy atom. The molecular weight excluding hydrogens is 398 g/mol. The number of nitrogens with zero attached hydrogens (tertiary/aromatic N) is 1. The Labute approximate surface area is 170 Å². The number of thiazole rings is 1. The van der Waals surface area contributed by atoms with E-state index in [4.69, 9.17) is 9.47 Å². The van der Waals surface area contributed by atoms with Crippen molar-refractivity contribution in [2.75, 3.05) is 13.7 Å². The molecule has 0 spiro atoms. The maximum Gasteiger partial charge on any atom is 0.289 e. The Hall–Kier alpha value is -2.91. The third-order valence-corrected chi connectivity index (χ3v) is 5.26. The number of nitrogens with one attached hydrogen (secondary N) is 2. The molecule has 9 heteroatoms. The molecule has 0 fully saturated rings. The zero-order valence-electron chi connectivity index (χ0n) is 15.4. The van der Waals surface area contributed by atoms with E-state index in [2.05, 4.69) is 15.8 Å². The molecule has 0 saturated heterocycles. The van der Waals surface area contributed by atoms with Gasteiger partial charge in [-0.1, -0.05) is 6.92 Å². The lowest BCUT2D eigenvalue weighted by Gasteiger charge is -2.12. The van der Waals surface area contributed by atoms with Crippen LogP contribution in [0.4, 0.5) is 0 Å². The molecule has 0 saturated carbocycles. The summed E-state index contributed by atoms with van der Waals surface area (Å²) < 4.78 is 10.8. The van der Waals surface area contributed by atoms with Gasteiger partial charge in [0.25, 0.3) is 11.8 Å². The molecule has 0 aliphatic heterocycles. The van der Waals surface area contributed by atoms with Gasteiger partial charge in [0.1, 0.15) is 10.7 Å². The summed E-state index contributed by atoms with van der Waals surface area (Å²) in [6, 6.07) is 6.77. The van der Waals surface area contributed by atoms with E-state index in [0.29, 0.717) is 23.7 Å². The average Bonchev–Trinajstić information content (AvgIpc) is 3.41. The van der Waals surface area contributed by atoms with Crippen molar-refractivity contribution in [2.24, 2.45) is 0 Å². The number of carbonyl (C=O) groups is 2. The minimum atomic E-state index is -0.485. The molecule has 28 heavy (non-hydrogen) atoms. The molecule has 3 rings (SSSR count). The molecule has 0 radical (unpaired) electrons. The van der Waals surface area contributed by atoms with Crippen molar-refractivity contribution < 1.29 is 19.1 Å². The monoisotopic (exact) mass is 417 g/mol. The quantitative estimate of drug-likeness (QED) is 0.572. The van der Waals surface area contributed by atoms with Crippen LogP contribution in [0, 0.1) is 0 Å². The Morgan fingerprint density at radius 3 is 2.64 bits per heavy atom. The fourth-order valence-electron chi connectivity index (χ4n) is 2.29. The number of ether oxygens (including phenoxy) is 2. The normalized spacial score (nSPS) is 10.4. The van der Waals surface area contributed by atoms with E-state index in [9.17, 15) is 9.59 Å². The van der Waals surface area contributed by atoms with Crippen LogP contribution in [0.25, 0.3) is 10.6 Å². The molecular formula is C19H19N3O4S2. The number of amides is 2. The van der Waals surface area contributed by atoms with Gasteiger partial charge in [-0.3, -0.25) is 20.4 Å². The molecule has 0 aliphatic carbocycles. The molecule has 0 bridgehead atoms. The maximum absolute atomic E-state index is 12.3. The van der Waals surface area contributed by atoms with Gasteiger partial charge in [0.15, 0.2) is 11.5 Å². The zero-order chi connectivity index (χ0) is 19.9. The molecule has 7 nitrogen and oxygen atoms in total. The highest BCUT2D eigenvalue weighted by Gasteiger charge is 2.15. The van der Waals surface area contributed by atoms with E-state index < -0.39 is 11.8 Å². The van der Waals surface area contributed by atoms with E-state index in [1.807, 2.05) is 23.8 Å². The van der Waals surface area contributed by atoms with Gasteiger partial charge < -0.3 is 9.47 Å². The minimum Gasteiger partial charge on any atom is -0.493 e. The van der Waals surface area contributed by atoms with Crippen molar-refractivity contribution in [1.82, 2.24) is 15.8 Å². The first-order chi connectivity index (χ1) is 13.6. The van der Waals surface area contributed by atoms with Gasteiger partial charge in [0, 0.05) is 21.9 Å². The molecule has 2 amide bonds. The Balaban J connectivity index is 1.61. The summed E-state index contributed by atoms with van der Waals surface area (Å²) in [4.78, 5) is 28.9. The first-order valence-corrected chi connectivity index (χ1v) is 10.3. The zero-order valence-corrected chi connectivity index (χ0v) is 17.0. The third kappa shape index (κ3) is 4.68. The van der Waals surface area contributed by atoms with Gasteiger partial charge in [-0.25, -0.2) is 4.98 Å². The highest BCUT2D eigenvalue weighted by molar-refractivity contribution is 7.14. The van der Waals surface area contributed by atoms with Crippen LogP contribution in [0.15, 0.2) is 40.4 Å². The molecule has 3 aromatic rings. The second-order valence-corrected chi connectivity index (χ2v) is 7.31. The summed E-state index contributed by atoms with van der Waals surface area (Å²) in [6.45, 7) is 2.56. The summed E-state index contributed by atoms with van der Waals surface area (Å²) in [5.41, 5.74) is 6.31. The van der Waals surface area contributed by atoms with Crippen molar-refractivity contribution >= 4 is 34.5 Å². The Bertz CT molecular complexity index is 954. The molecule has 2 heterocycles. The van der Waals surface area contributed by atoms with Crippen LogP contribution < -0.4 is 20.3 Å². The average molecular weight is 418 g/mol. The van der Waals surface area contributed by atoms with Crippen LogP contribution in [-0.4, -0.2) is 30.5 Å². The van der Waals surface area contributed by atoms with Crippen LogP contribution in [-0.2, 0) is 0 Å². The predicted molar refractivity (Wildman–Crippen MR) is 109 cm³/mol. The summed E-state index contributed by atoms with van der Waals surface area (Å²) >= 11 is 2.93. The van der Waals surface area contributed by atoms with Crippen LogP contribution in [0.3, 0.4) is 0 Å². The molecule has 146 valence electrons. The third-order valence-electron chi connectivity index (χ3n) is 3.68. The number of benzene rings is 1. The number of carbonyl (C=O) groups excluding carboxylic acids is 2. The second kappa shape index (κ2) is 9.34. The standard InChI is InChI=1S/C19H19N3O4S2/c1-3-7-26-15-5-4-12(9-16(15)25-2)17(23)21-22-18(24)14-11-28-19(20-14)13-6-8-27-10-13/h4-6,8-11H,3,7H2,1-2H3,(H,21,23)(H,22,24). The lowest BCUT2D eigenvalue weighted by molar-refractivity contribution is 0.0844. The number of hydrogen-bond acceptors (Lipinski definition) is 7. The van der Waals surface area contributed by atoms with Gasteiger partial charge in [0.05, 0.1) is 13.7 Å². The number of hydrogen-bond donors (Lipinski definition) is 2. The van der Waals surface area contributed by atoms with Crippen molar-refractivity contribution in [3.05, 3.63) is 51.7 Å². The fourth-order valence-corrected chi connectivity index (χ4v) is 3.80. The van der Waals surface area contributed by atoms with Crippen LogP contribution in [0.2, 0.25) is 0 Å². The first kappa shape index (κ1) is 19.8. The summed E-state index contributed by atoms with van der Waals surface area (Å²) in [7, 11) is 1.50. The Morgan fingerprint density at radius 1 is 1.11 bits per heavy atom. The molecule has 0 atom stereocenters. The fraction of sp³-hybridized carbons (Fsp3) is 0.211. The number of thiophene rings is 1. The van der Waals surface area contributed by atoms with Gasteiger partial charge in [-0.05, 0) is 36.1 Å². The van der Waals surface area contributed by atoms with Crippen LogP contribution >= 0.6 is 22.7 Å². The highest BCUT2D eigenvalue weighted by Crippen LogP contribution is 2.28. The largest absolute Gasteiger partial charge is 0.493 e. The number of rotatable bonds is 7. The van der Waals surface area contributed by atoms with E-state index in [-0.39, 0.29) is 5.69 Å². The number of methoxy groups -OCH3 is 1.